The van der Waals surface area contributed by atoms with Gasteiger partial charge in [0.1, 0.15) is 6.04 Å². The number of thioether (sulfide) groups is 1. The number of benzene rings is 1. The molecule has 1 fully saturated rings. The lowest BCUT2D eigenvalue weighted by Crippen LogP contribution is -2.47. The van der Waals surface area contributed by atoms with Crippen molar-refractivity contribution in [1.82, 2.24) is 5.32 Å². The van der Waals surface area contributed by atoms with Crippen LogP contribution in [0.15, 0.2) is 24.3 Å². The van der Waals surface area contributed by atoms with Crippen LogP contribution in [0.25, 0.3) is 0 Å². The Hall–Kier alpha value is -1.00. The minimum Gasteiger partial charge on any atom is -0.480 e. The highest BCUT2D eigenvalue weighted by atomic mass is 32.2. The minimum atomic E-state index is -0.760. The maximum Gasteiger partial charge on any atom is 0.321 e. The van der Waals surface area contributed by atoms with Crippen LogP contribution in [0.2, 0.25) is 0 Å². The second kappa shape index (κ2) is 5.76. The van der Waals surface area contributed by atoms with Crippen LogP contribution in [0.1, 0.15) is 31.0 Å². The SMILES string of the molecule is CCc1ccc(C2NC(C(=O)O)CSC2C)cc1. The van der Waals surface area contributed by atoms with Crippen LogP contribution in [0.3, 0.4) is 0 Å². The van der Waals surface area contributed by atoms with Crippen molar-refractivity contribution in [3.8, 4) is 0 Å². The van der Waals surface area contributed by atoms with E-state index >= 15 is 0 Å². The lowest BCUT2D eigenvalue weighted by Gasteiger charge is -2.34. The van der Waals surface area contributed by atoms with Gasteiger partial charge in [0, 0.05) is 17.0 Å². The third-order valence-corrected chi connectivity index (χ3v) is 4.74. The Morgan fingerprint density at radius 1 is 1.44 bits per heavy atom. The number of hydrogen-bond donors (Lipinski definition) is 2. The monoisotopic (exact) mass is 265 g/mol. The Bertz CT molecular complexity index is 418. The Morgan fingerprint density at radius 2 is 2.11 bits per heavy atom. The largest absolute Gasteiger partial charge is 0.480 e. The van der Waals surface area contributed by atoms with E-state index in [1.807, 2.05) is 0 Å². The van der Waals surface area contributed by atoms with Gasteiger partial charge in [0.05, 0.1) is 0 Å². The number of rotatable bonds is 3. The molecule has 4 heteroatoms. The summed E-state index contributed by atoms with van der Waals surface area (Å²) < 4.78 is 0. The van der Waals surface area contributed by atoms with Crippen LogP contribution in [0.5, 0.6) is 0 Å². The first-order valence-corrected chi connectivity index (χ1v) is 7.36. The van der Waals surface area contributed by atoms with Crippen LogP contribution < -0.4 is 5.32 Å². The summed E-state index contributed by atoms with van der Waals surface area (Å²) in [6.45, 7) is 4.28. The number of carbonyl (C=O) groups is 1. The van der Waals surface area contributed by atoms with Crippen molar-refractivity contribution in [1.29, 1.82) is 0 Å². The summed E-state index contributed by atoms with van der Waals surface area (Å²) in [6.07, 6.45) is 1.03. The van der Waals surface area contributed by atoms with Crippen LogP contribution in [-0.4, -0.2) is 28.1 Å². The first-order chi connectivity index (χ1) is 8.61. The van der Waals surface area contributed by atoms with E-state index in [0.29, 0.717) is 11.0 Å². The van der Waals surface area contributed by atoms with E-state index in [-0.39, 0.29) is 6.04 Å². The van der Waals surface area contributed by atoms with Crippen molar-refractivity contribution in [3.05, 3.63) is 35.4 Å². The molecule has 0 radical (unpaired) electrons. The molecule has 0 aromatic heterocycles. The standard InChI is InChI=1S/C14H19NO2S/c1-3-10-4-6-11(7-5-10)13-9(2)18-8-12(15-13)14(16)17/h4-7,9,12-13,15H,3,8H2,1-2H3,(H,16,17). The molecule has 1 aliphatic rings. The second-order valence-electron chi connectivity index (χ2n) is 4.67. The van der Waals surface area contributed by atoms with Crippen LogP contribution in [0, 0.1) is 0 Å². The maximum atomic E-state index is 11.1. The van der Waals surface area contributed by atoms with Crippen LogP contribution in [-0.2, 0) is 11.2 Å². The van der Waals surface area contributed by atoms with E-state index in [0.717, 1.165) is 6.42 Å². The third kappa shape index (κ3) is 2.87. The molecule has 98 valence electrons. The van der Waals surface area contributed by atoms with E-state index in [4.69, 9.17) is 5.11 Å². The smallest absolute Gasteiger partial charge is 0.321 e. The third-order valence-electron chi connectivity index (χ3n) is 3.42. The zero-order valence-electron chi connectivity index (χ0n) is 10.7. The molecule has 3 unspecified atom stereocenters. The van der Waals surface area contributed by atoms with Crippen molar-refractivity contribution >= 4 is 17.7 Å². The molecule has 18 heavy (non-hydrogen) atoms. The number of carboxylic acids is 1. The average molecular weight is 265 g/mol. The van der Waals surface area contributed by atoms with E-state index in [2.05, 4.69) is 43.4 Å². The summed E-state index contributed by atoms with van der Waals surface area (Å²) in [5.41, 5.74) is 2.49. The summed E-state index contributed by atoms with van der Waals surface area (Å²) in [6, 6.07) is 8.14. The Balaban J connectivity index is 2.15. The summed E-state index contributed by atoms with van der Waals surface area (Å²) in [5.74, 6) is -0.121. The quantitative estimate of drug-likeness (QED) is 0.881. The fraction of sp³-hybridized carbons (Fsp3) is 0.500. The molecule has 0 saturated carbocycles. The van der Waals surface area contributed by atoms with Crippen molar-refractivity contribution in [2.45, 2.75) is 37.6 Å². The summed E-state index contributed by atoms with van der Waals surface area (Å²) in [5, 5.41) is 12.7. The molecule has 0 bridgehead atoms. The van der Waals surface area contributed by atoms with Gasteiger partial charge in [-0.25, -0.2) is 0 Å². The molecular formula is C14H19NO2S. The summed E-state index contributed by atoms with van der Waals surface area (Å²) in [4.78, 5) is 11.1. The van der Waals surface area contributed by atoms with Crippen LogP contribution >= 0.6 is 11.8 Å². The molecule has 3 atom stereocenters. The zero-order valence-corrected chi connectivity index (χ0v) is 11.5. The van der Waals surface area contributed by atoms with E-state index in [1.54, 1.807) is 11.8 Å². The predicted molar refractivity (Wildman–Crippen MR) is 75.0 cm³/mol. The number of nitrogens with one attached hydrogen (secondary N) is 1. The molecule has 1 aromatic carbocycles. The van der Waals surface area contributed by atoms with Gasteiger partial charge in [0.25, 0.3) is 0 Å². The van der Waals surface area contributed by atoms with Crippen molar-refractivity contribution < 1.29 is 9.90 Å². The van der Waals surface area contributed by atoms with Gasteiger partial charge in [-0.05, 0) is 17.5 Å². The average Bonchev–Trinajstić information content (AvgIpc) is 2.39. The van der Waals surface area contributed by atoms with Gasteiger partial charge in [-0.3, -0.25) is 10.1 Å². The Kier molecular flexibility index (Phi) is 4.30. The molecule has 0 amide bonds. The molecule has 1 saturated heterocycles. The van der Waals surface area contributed by atoms with E-state index < -0.39 is 12.0 Å². The van der Waals surface area contributed by atoms with Gasteiger partial charge in [-0.15, -0.1) is 0 Å². The van der Waals surface area contributed by atoms with Gasteiger partial charge < -0.3 is 5.11 Å². The number of aryl methyl sites for hydroxylation is 1. The van der Waals surface area contributed by atoms with Gasteiger partial charge >= 0.3 is 5.97 Å². The van der Waals surface area contributed by atoms with E-state index in [9.17, 15) is 4.79 Å². The minimum absolute atomic E-state index is 0.121. The fourth-order valence-corrected chi connectivity index (χ4v) is 3.38. The first-order valence-electron chi connectivity index (χ1n) is 6.31. The first kappa shape index (κ1) is 13.4. The highest BCUT2D eigenvalue weighted by Gasteiger charge is 2.32. The lowest BCUT2D eigenvalue weighted by atomic mass is 10.0. The van der Waals surface area contributed by atoms with Gasteiger partial charge in [-0.1, -0.05) is 38.1 Å². The highest BCUT2D eigenvalue weighted by Crippen LogP contribution is 2.31. The van der Waals surface area contributed by atoms with Crippen molar-refractivity contribution in [2.75, 3.05) is 5.75 Å². The lowest BCUT2D eigenvalue weighted by molar-refractivity contribution is -0.139. The fourth-order valence-electron chi connectivity index (χ4n) is 2.22. The molecule has 1 aliphatic heterocycles. The molecule has 1 aromatic rings. The Morgan fingerprint density at radius 3 is 2.67 bits per heavy atom. The van der Waals surface area contributed by atoms with Crippen LogP contribution in [0.4, 0.5) is 0 Å². The normalized spacial score (nSPS) is 28.0. The van der Waals surface area contributed by atoms with E-state index in [1.165, 1.54) is 11.1 Å². The number of hydrogen-bond acceptors (Lipinski definition) is 3. The molecule has 2 N–H and O–H groups in total. The molecule has 2 rings (SSSR count). The second-order valence-corrected chi connectivity index (χ2v) is 6.08. The zero-order chi connectivity index (χ0) is 13.1. The van der Waals surface area contributed by atoms with Crippen molar-refractivity contribution in [3.63, 3.8) is 0 Å². The van der Waals surface area contributed by atoms with Gasteiger partial charge in [0.2, 0.25) is 0 Å². The van der Waals surface area contributed by atoms with Gasteiger partial charge in [-0.2, -0.15) is 11.8 Å². The molecular weight excluding hydrogens is 246 g/mol. The predicted octanol–water partition coefficient (Wildman–Crippen LogP) is 2.47. The number of carboxylic acid groups (broad SMARTS) is 1. The molecule has 0 spiro atoms. The molecule has 3 nitrogen and oxygen atoms in total. The summed E-state index contributed by atoms with van der Waals surface area (Å²) in [7, 11) is 0. The maximum absolute atomic E-state index is 11.1. The molecule has 1 heterocycles. The summed E-state index contributed by atoms with van der Waals surface area (Å²) >= 11 is 1.72. The Labute approximate surface area is 112 Å². The highest BCUT2D eigenvalue weighted by molar-refractivity contribution is 8.00. The molecule has 0 aliphatic carbocycles. The number of aliphatic carboxylic acids is 1. The van der Waals surface area contributed by atoms with Gasteiger partial charge in [0.15, 0.2) is 0 Å². The van der Waals surface area contributed by atoms with Crippen molar-refractivity contribution in [2.24, 2.45) is 0 Å². The topological polar surface area (TPSA) is 49.3 Å².